The van der Waals surface area contributed by atoms with Crippen LogP contribution in [0.2, 0.25) is 0 Å². The smallest absolute Gasteiger partial charge is 0.323 e. The number of nitrogens with zero attached hydrogens (tertiary/aromatic N) is 1. The van der Waals surface area contributed by atoms with Crippen molar-refractivity contribution in [1.29, 1.82) is 0 Å². The zero-order valence-corrected chi connectivity index (χ0v) is 12.2. The molecule has 1 aromatic carbocycles. The summed E-state index contributed by atoms with van der Waals surface area (Å²) in [7, 11) is 0. The van der Waals surface area contributed by atoms with Gasteiger partial charge in [-0.05, 0) is 12.0 Å². The Hall–Kier alpha value is -2.24. The molecule has 1 aromatic rings. The van der Waals surface area contributed by atoms with E-state index in [0.717, 1.165) is 11.3 Å². The summed E-state index contributed by atoms with van der Waals surface area (Å²) in [5, 5.41) is 11.8. The minimum absolute atomic E-state index is 0.196. The molecule has 114 valence electrons. The topological polar surface area (TPSA) is 78.9 Å². The second-order valence-electron chi connectivity index (χ2n) is 5.52. The summed E-state index contributed by atoms with van der Waals surface area (Å²) < 4.78 is 5.50. The number of carbonyl (C=O) groups excluding carboxylic acids is 1. The molecule has 1 atom stereocenters. The summed E-state index contributed by atoms with van der Waals surface area (Å²) in [4.78, 5) is 24.5. The highest BCUT2D eigenvalue weighted by Crippen LogP contribution is 2.31. The maximum Gasteiger partial charge on any atom is 0.323 e. The molecule has 1 heterocycles. The molecule has 0 aliphatic carbocycles. The molecular formula is C15H20N2O4. The summed E-state index contributed by atoms with van der Waals surface area (Å²) >= 11 is 0. The number of aliphatic carboxylic acids is 1. The van der Waals surface area contributed by atoms with Crippen LogP contribution in [0.25, 0.3) is 0 Å². The minimum Gasteiger partial charge on any atom is -0.491 e. The van der Waals surface area contributed by atoms with Gasteiger partial charge in [0.15, 0.2) is 0 Å². The van der Waals surface area contributed by atoms with Crippen LogP contribution in [0.3, 0.4) is 0 Å². The van der Waals surface area contributed by atoms with Crippen molar-refractivity contribution in [1.82, 2.24) is 10.2 Å². The average Bonchev–Trinajstić information content (AvgIpc) is 2.80. The lowest BCUT2D eigenvalue weighted by Crippen LogP contribution is -2.45. The van der Waals surface area contributed by atoms with Crippen LogP contribution >= 0.6 is 0 Å². The standard InChI is InChI=1S/C15H20N2O4/c1-10(2)7-17(8-14(18)19)15(20)16-12-9-21-13-6-4-3-5-11(12)13/h3-6,10,12H,7-9H2,1-2H3,(H,16,20)(H,18,19). The molecule has 0 radical (unpaired) electrons. The maximum atomic E-state index is 12.3. The maximum absolute atomic E-state index is 12.3. The Bertz CT molecular complexity index is 530. The van der Waals surface area contributed by atoms with Gasteiger partial charge in [0, 0.05) is 12.1 Å². The number of hydrogen-bond acceptors (Lipinski definition) is 3. The van der Waals surface area contributed by atoms with Crippen molar-refractivity contribution in [2.45, 2.75) is 19.9 Å². The number of ether oxygens (including phenoxy) is 1. The minimum atomic E-state index is -1.02. The normalized spacial score (nSPS) is 16.2. The van der Waals surface area contributed by atoms with Crippen LogP contribution in [0, 0.1) is 5.92 Å². The molecule has 1 aliphatic heterocycles. The van der Waals surface area contributed by atoms with E-state index >= 15 is 0 Å². The molecule has 21 heavy (non-hydrogen) atoms. The number of fused-ring (bicyclic) bond motifs is 1. The fourth-order valence-electron chi connectivity index (χ4n) is 2.35. The van der Waals surface area contributed by atoms with Crippen LogP contribution in [0.4, 0.5) is 4.79 Å². The zero-order chi connectivity index (χ0) is 15.4. The number of urea groups is 1. The van der Waals surface area contributed by atoms with Gasteiger partial charge in [-0.3, -0.25) is 4.79 Å². The molecular weight excluding hydrogens is 272 g/mol. The fraction of sp³-hybridized carbons (Fsp3) is 0.467. The number of rotatable bonds is 5. The molecule has 0 spiro atoms. The monoisotopic (exact) mass is 292 g/mol. The third-order valence-electron chi connectivity index (χ3n) is 3.20. The number of amides is 2. The van der Waals surface area contributed by atoms with Gasteiger partial charge in [-0.25, -0.2) is 4.79 Å². The van der Waals surface area contributed by atoms with Crippen molar-refractivity contribution in [3.63, 3.8) is 0 Å². The highest BCUT2D eigenvalue weighted by molar-refractivity contribution is 5.80. The van der Waals surface area contributed by atoms with E-state index in [-0.39, 0.29) is 24.5 Å². The first kappa shape index (κ1) is 15.2. The van der Waals surface area contributed by atoms with Gasteiger partial charge in [0.2, 0.25) is 0 Å². The van der Waals surface area contributed by atoms with Crippen molar-refractivity contribution < 1.29 is 19.4 Å². The van der Waals surface area contributed by atoms with E-state index in [9.17, 15) is 9.59 Å². The molecule has 6 nitrogen and oxygen atoms in total. The Kier molecular flexibility index (Phi) is 4.67. The van der Waals surface area contributed by atoms with Crippen molar-refractivity contribution >= 4 is 12.0 Å². The lowest BCUT2D eigenvalue weighted by atomic mass is 10.1. The van der Waals surface area contributed by atoms with E-state index in [0.29, 0.717) is 13.2 Å². The second kappa shape index (κ2) is 6.47. The Morgan fingerprint density at radius 3 is 2.81 bits per heavy atom. The third-order valence-corrected chi connectivity index (χ3v) is 3.20. The van der Waals surface area contributed by atoms with Gasteiger partial charge >= 0.3 is 12.0 Å². The van der Waals surface area contributed by atoms with Gasteiger partial charge in [0.1, 0.15) is 18.9 Å². The molecule has 0 saturated carbocycles. The molecule has 0 fully saturated rings. The number of benzene rings is 1. The average molecular weight is 292 g/mol. The zero-order valence-electron chi connectivity index (χ0n) is 12.2. The van der Waals surface area contributed by atoms with Crippen LogP contribution in [0.15, 0.2) is 24.3 Å². The van der Waals surface area contributed by atoms with Gasteiger partial charge in [0.05, 0.1) is 6.04 Å². The Labute approximate surface area is 123 Å². The number of carbonyl (C=O) groups is 2. The summed E-state index contributed by atoms with van der Waals surface area (Å²) in [5.41, 5.74) is 0.922. The summed E-state index contributed by atoms with van der Waals surface area (Å²) in [6.07, 6.45) is 0. The first-order chi connectivity index (χ1) is 9.97. The van der Waals surface area contributed by atoms with Crippen LogP contribution in [-0.2, 0) is 4.79 Å². The second-order valence-corrected chi connectivity index (χ2v) is 5.52. The summed E-state index contributed by atoms with van der Waals surface area (Å²) in [6.45, 7) is 4.34. The number of carboxylic acid groups (broad SMARTS) is 1. The van der Waals surface area contributed by atoms with Gasteiger partial charge in [-0.2, -0.15) is 0 Å². The van der Waals surface area contributed by atoms with E-state index in [1.54, 1.807) is 0 Å². The predicted octanol–water partition coefficient (Wildman–Crippen LogP) is 1.87. The SMILES string of the molecule is CC(C)CN(CC(=O)O)C(=O)NC1COc2ccccc21. The molecule has 1 aliphatic rings. The quantitative estimate of drug-likeness (QED) is 0.868. The molecule has 2 N–H and O–H groups in total. The van der Waals surface area contributed by atoms with E-state index in [1.165, 1.54) is 4.90 Å². The van der Waals surface area contributed by atoms with Crippen molar-refractivity contribution in [2.24, 2.45) is 5.92 Å². The molecule has 1 unspecified atom stereocenters. The molecule has 0 saturated heterocycles. The van der Waals surface area contributed by atoms with Crippen molar-refractivity contribution in [3.8, 4) is 5.75 Å². The fourth-order valence-corrected chi connectivity index (χ4v) is 2.35. The molecule has 2 rings (SSSR count). The number of para-hydroxylation sites is 1. The van der Waals surface area contributed by atoms with Gasteiger partial charge in [0.25, 0.3) is 0 Å². The predicted molar refractivity (Wildman–Crippen MR) is 77.3 cm³/mol. The van der Waals surface area contributed by atoms with E-state index < -0.39 is 5.97 Å². The van der Waals surface area contributed by atoms with Crippen LogP contribution < -0.4 is 10.1 Å². The van der Waals surface area contributed by atoms with E-state index in [2.05, 4.69) is 5.32 Å². The first-order valence-electron chi connectivity index (χ1n) is 6.96. The molecule has 0 bridgehead atoms. The van der Waals surface area contributed by atoms with Crippen LogP contribution in [0.1, 0.15) is 25.5 Å². The van der Waals surface area contributed by atoms with E-state index in [4.69, 9.17) is 9.84 Å². The summed E-state index contributed by atoms with van der Waals surface area (Å²) in [6, 6.07) is 6.89. The number of carboxylic acids is 1. The van der Waals surface area contributed by atoms with Crippen molar-refractivity contribution in [3.05, 3.63) is 29.8 Å². The van der Waals surface area contributed by atoms with Gasteiger partial charge < -0.3 is 20.1 Å². The number of hydrogen-bond donors (Lipinski definition) is 2. The largest absolute Gasteiger partial charge is 0.491 e. The van der Waals surface area contributed by atoms with Crippen LogP contribution in [-0.4, -0.2) is 41.7 Å². The lowest BCUT2D eigenvalue weighted by Gasteiger charge is -2.24. The molecule has 6 heteroatoms. The van der Waals surface area contributed by atoms with Crippen LogP contribution in [0.5, 0.6) is 5.75 Å². The highest BCUT2D eigenvalue weighted by atomic mass is 16.5. The summed E-state index contributed by atoms with van der Waals surface area (Å²) in [5.74, 6) is -0.0625. The Balaban J connectivity index is 2.04. The van der Waals surface area contributed by atoms with Crippen molar-refractivity contribution in [2.75, 3.05) is 19.7 Å². The Morgan fingerprint density at radius 2 is 2.14 bits per heavy atom. The number of nitrogens with one attached hydrogen (secondary N) is 1. The first-order valence-corrected chi connectivity index (χ1v) is 6.96. The van der Waals surface area contributed by atoms with E-state index in [1.807, 2.05) is 38.1 Å². The third kappa shape index (κ3) is 3.87. The Morgan fingerprint density at radius 1 is 1.43 bits per heavy atom. The molecule has 2 amide bonds. The highest BCUT2D eigenvalue weighted by Gasteiger charge is 2.27. The van der Waals surface area contributed by atoms with Gasteiger partial charge in [-0.1, -0.05) is 32.0 Å². The lowest BCUT2D eigenvalue weighted by molar-refractivity contribution is -0.137. The van der Waals surface area contributed by atoms with Gasteiger partial charge in [-0.15, -0.1) is 0 Å². The molecule has 0 aromatic heterocycles.